The Hall–Kier alpha value is -1.88. The highest BCUT2D eigenvalue weighted by Crippen LogP contribution is 2.17. The van der Waals surface area contributed by atoms with Crippen LogP contribution in [0.3, 0.4) is 0 Å². The van der Waals surface area contributed by atoms with E-state index >= 15 is 0 Å². The Bertz CT molecular complexity index is 667. The van der Waals surface area contributed by atoms with Crippen molar-refractivity contribution in [2.24, 2.45) is 12.8 Å². The molecule has 84 valence electrons. The molecule has 16 heavy (non-hydrogen) atoms. The predicted molar refractivity (Wildman–Crippen MR) is 62.4 cm³/mol. The largest absolute Gasteiger partial charge is 0.326 e. The standard InChI is InChI=1S/C11H13N3O2/c1-6-3-4-8-9(7(6)5-12)14(2)11(16)10(15)13-8/h3-4H,5,12H2,1-2H3,(H,13,15). The maximum Gasteiger partial charge on any atom is 0.316 e. The lowest BCUT2D eigenvalue weighted by Gasteiger charge is -2.11. The van der Waals surface area contributed by atoms with Gasteiger partial charge in [0.05, 0.1) is 11.0 Å². The molecule has 0 unspecified atom stereocenters. The molecule has 5 nitrogen and oxygen atoms in total. The second-order valence-corrected chi connectivity index (χ2v) is 3.78. The predicted octanol–water partition coefficient (Wildman–Crippen LogP) is -0.00608. The van der Waals surface area contributed by atoms with Gasteiger partial charge in [-0.25, -0.2) is 0 Å². The molecule has 2 rings (SSSR count). The topological polar surface area (TPSA) is 80.9 Å². The number of rotatable bonds is 1. The van der Waals surface area contributed by atoms with Crippen LogP contribution in [0.25, 0.3) is 11.0 Å². The molecule has 0 aliphatic rings. The molecule has 2 aromatic rings. The van der Waals surface area contributed by atoms with Gasteiger partial charge >= 0.3 is 11.1 Å². The SMILES string of the molecule is Cc1ccc2[nH]c(=O)c(=O)n(C)c2c1CN. The average molecular weight is 219 g/mol. The van der Waals surface area contributed by atoms with Crippen LogP contribution in [-0.4, -0.2) is 9.55 Å². The van der Waals surface area contributed by atoms with E-state index in [2.05, 4.69) is 4.98 Å². The van der Waals surface area contributed by atoms with Crippen molar-refractivity contribution in [3.63, 3.8) is 0 Å². The summed E-state index contributed by atoms with van der Waals surface area (Å²) in [6.45, 7) is 2.26. The number of aryl methyl sites for hydroxylation is 2. The lowest BCUT2D eigenvalue weighted by atomic mass is 10.1. The number of aromatic amines is 1. The summed E-state index contributed by atoms with van der Waals surface area (Å²) >= 11 is 0. The molecule has 0 aliphatic heterocycles. The lowest BCUT2D eigenvalue weighted by molar-refractivity contribution is 0.860. The molecule has 0 saturated carbocycles. The zero-order chi connectivity index (χ0) is 11.9. The van der Waals surface area contributed by atoms with Gasteiger partial charge in [0.25, 0.3) is 0 Å². The maximum absolute atomic E-state index is 11.5. The summed E-state index contributed by atoms with van der Waals surface area (Å²) in [6.07, 6.45) is 0. The number of benzene rings is 1. The van der Waals surface area contributed by atoms with E-state index in [0.29, 0.717) is 17.6 Å². The number of nitrogens with zero attached hydrogens (tertiary/aromatic N) is 1. The average Bonchev–Trinajstić information content (AvgIpc) is 2.27. The van der Waals surface area contributed by atoms with Crippen molar-refractivity contribution >= 4 is 11.0 Å². The fourth-order valence-corrected chi connectivity index (χ4v) is 1.91. The first-order valence-electron chi connectivity index (χ1n) is 4.98. The van der Waals surface area contributed by atoms with Crippen LogP contribution in [-0.2, 0) is 13.6 Å². The van der Waals surface area contributed by atoms with Crippen molar-refractivity contribution in [1.29, 1.82) is 0 Å². The lowest BCUT2D eigenvalue weighted by Crippen LogP contribution is -2.35. The van der Waals surface area contributed by atoms with E-state index in [0.717, 1.165) is 11.1 Å². The van der Waals surface area contributed by atoms with Crippen LogP contribution >= 0.6 is 0 Å². The molecule has 1 heterocycles. The molecule has 0 saturated heterocycles. The first-order valence-corrected chi connectivity index (χ1v) is 4.98. The number of hydrogen-bond donors (Lipinski definition) is 2. The van der Waals surface area contributed by atoms with E-state index in [-0.39, 0.29) is 0 Å². The van der Waals surface area contributed by atoms with Gasteiger partial charge in [0.1, 0.15) is 0 Å². The molecule has 3 N–H and O–H groups in total. The van der Waals surface area contributed by atoms with Gasteiger partial charge in [0.2, 0.25) is 0 Å². The Morgan fingerprint density at radius 3 is 2.69 bits per heavy atom. The third-order valence-electron chi connectivity index (χ3n) is 2.80. The van der Waals surface area contributed by atoms with Crippen LogP contribution in [0.2, 0.25) is 0 Å². The summed E-state index contributed by atoms with van der Waals surface area (Å²) in [5.41, 5.74) is 7.73. The van der Waals surface area contributed by atoms with E-state index < -0.39 is 11.1 Å². The quantitative estimate of drug-likeness (QED) is 0.662. The monoisotopic (exact) mass is 219 g/mol. The van der Waals surface area contributed by atoms with Gasteiger partial charge in [-0.2, -0.15) is 0 Å². The number of aromatic nitrogens is 2. The minimum absolute atomic E-state index is 0.336. The third-order valence-corrected chi connectivity index (χ3v) is 2.80. The first-order chi connectivity index (χ1) is 7.56. The number of hydrogen-bond acceptors (Lipinski definition) is 3. The van der Waals surface area contributed by atoms with Gasteiger partial charge in [-0.1, -0.05) is 6.07 Å². The Kier molecular flexibility index (Phi) is 2.40. The molecule has 1 aromatic heterocycles. The van der Waals surface area contributed by atoms with Crippen LogP contribution in [0.5, 0.6) is 0 Å². The number of nitrogens with two attached hydrogens (primary N) is 1. The van der Waals surface area contributed by atoms with Gasteiger partial charge in [-0.05, 0) is 24.1 Å². The Labute approximate surface area is 91.5 Å². The fourth-order valence-electron chi connectivity index (χ4n) is 1.91. The van der Waals surface area contributed by atoms with Crippen molar-refractivity contribution in [2.75, 3.05) is 0 Å². The Morgan fingerprint density at radius 2 is 2.06 bits per heavy atom. The van der Waals surface area contributed by atoms with Gasteiger partial charge in [-0.15, -0.1) is 0 Å². The minimum atomic E-state index is -0.609. The van der Waals surface area contributed by atoms with E-state index in [1.54, 1.807) is 13.1 Å². The van der Waals surface area contributed by atoms with Gasteiger partial charge in [-0.3, -0.25) is 9.59 Å². The molecule has 0 radical (unpaired) electrons. The van der Waals surface area contributed by atoms with Crippen molar-refractivity contribution in [3.05, 3.63) is 44.0 Å². The highest BCUT2D eigenvalue weighted by molar-refractivity contribution is 5.79. The normalized spacial score (nSPS) is 10.9. The van der Waals surface area contributed by atoms with Crippen molar-refractivity contribution in [1.82, 2.24) is 9.55 Å². The zero-order valence-corrected chi connectivity index (χ0v) is 9.20. The van der Waals surface area contributed by atoms with Gasteiger partial charge in [0, 0.05) is 13.6 Å². The van der Waals surface area contributed by atoms with Crippen molar-refractivity contribution in [3.8, 4) is 0 Å². The molecule has 0 bridgehead atoms. The van der Waals surface area contributed by atoms with E-state index in [1.165, 1.54) is 4.57 Å². The highest BCUT2D eigenvalue weighted by atomic mass is 16.2. The van der Waals surface area contributed by atoms with E-state index in [1.807, 2.05) is 13.0 Å². The van der Waals surface area contributed by atoms with Crippen LogP contribution < -0.4 is 16.9 Å². The molecule has 1 aromatic carbocycles. The Balaban J connectivity index is 3.09. The number of fused-ring (bicyclic) bond motifs is 1. The number of nitrogens with one attached hydrogen (secondary N) is 1. The summed E-state index contributed by atoms with van der Waals surface area (Å²) in [5.74, 6) is 0. The number of H-pyrrole nitrogens is 1. The molecule has 0 fully saturated rings. The Morgan fingerprint density at radius 1 is 1.38 bits per heavy atom. The smallest absolute Gasteiger partial charge is 0.316 e. The summed E-state index contributed by atoms with van der Waals surface area (Å²) in [4.78, 5) is 25.4. The minimum Gasteiger partial charge on any atom is -0.326 e. The summed E-state index contributed by atoms with van der Waals surface area (Å²) in [7, 11) is 1.58. The van der Waals surface area contributed by atoms with Crippen LogP contribution in [0.1, 0.15) is 11.1 Å². The molecule has 0 atom stereocenters. The molecule has 0 aliphatic carbocycles. The summed E-state index contributed by atoms with van der Waals surface area (Å²) in [6, 6.07) is 3.66. The third kappa shape index (κ3) is 1.37. The van der Waals surface area contributed by atoms with Crippen molar-refractivity contribution in [2.45, 2.75) is 13.5 Å². The van der Waals surface area contributed by atoms with Crippen LogP contribution in [0, 0.1) is 6.92 Å². The van der Waals surface area contributed by atoms with Crippen LogP contribution in [0.15, 0.2) is 21.7 Å². The first kappa shape index (κ1) is 10.6. The van der Waals surface area contributed by atoms with E-state index in [9.17, 15) is 9.59 Å². The molecular weight excluding hydrogens is 206 g/mol. The fraction of sp³-hybridized carbons (Fsp3) is 0.273. The second kappa shape index (κ2) is 3.61. The second-order valence-electron chi connectivity index (χ2n) is 3.78. The van der Waals surface area contributed by atoms with Gasteiger partial charge < -0.3 is 15.3 Å². The van der Waals surface area contributed by atoms with Crippen molar-refractivity contribution < 1.29 is 0 Å². The van der Waals surface area contributed by atoms with E-state index in [4.69, 9.17) is 5.73 Å². The van der Waals surface area contributed by atoms with Crippen LogP contribution in [0.4, 0.5) is 0 Å². The molecular formula is C11H13N3O2. The molecule has 0 spiro atoms. The maximum atomic E-state index is 11.5. The molecule has 0 amide bonds. The molecule has 5 heteroatoms. The van der Waals surface area contributed by atoms with Gasteiger partial charge in [0.15, 0.2) is 0 Å². The summed E-state index contributed by atoms with van der Waals surface area (Å²) < 4.78 is 1.35. The zero-order valence-electron chi connectivity index (χ0n) is 9.20. The highest BCUT2D eigenvalue weighted by Gasteiger charge is 2.09. The summed E-state index contributed by atoms with van der Waals surface area (Å²) in [5, 5.41) is 0.